The van der Waals surface area contributed by atoms with E-state index in [9.17, 15) is 70.3 Å². The molecule has 31 nitrogen and oxygen atoms in total. The third-order valence-corrected chi connectivity index (χ3v) is 24.2. The molecule has 2 unspecified atom stereocenters. The average molecular weight is 1720 g/mol. The molecule has 0 radical (unpaired) electrons. The minimum Gasteiger partial charge on any atom is -0.393 e. The number of benzene rings is 3. The van der Waals surface area contributed by atoms with Crippen molar-refractivity contribution in [2.24, 2.45) is 33.2 Å². The summed E-state index contributed by atoms with van der Waals surface area (Å²) in [5, 5.41) is 90.7. The smallest absolute Gasteiger partial charge is 0.333 e. The van der Waals surface area contributed by atoms with Gasteiger partial charge in [0.1, 0.15) is 54.7 Å². The van der Waals surface area contributed by atoms with Crippen LogP contribution in [0.25, 0.3) is 0 Å². The van der Waals surface area contributed by atoms with Crippen LogP contribution < -0.4 is 31.4 Å². The van der Waals surface area contributed by atoms with Gasteiger partial charge >= 0.3 is 30.9 Å². The van der Waals surface area contributed by atoms with Crippen LogP contribution in [0.3, 0.4) is 0 Å². The zero-order valence-electron chi connectivity index (χ0n) is 58.9. The molecule has 0 aliphatic heterocycles. The topological polar surface area (TPSA) is 503 Å². The number of nitrogens with two attached hydrogens (primary N) is 3. The van der Waals surface area contributed by atoms with E-state index in [0.29, 0.717) is 71.2 Å². The van der Waals surface area contributed by atoms with Gasteiger partial charge < -0.3 is 51.3 Å². The van der Waals surface area contributed by atoms with Crippen LogP contribution in [0.5, 0.6) is 0 Å². The first-order valence-electron chi connectivity index (χ1n) is 33.6. The summed E-state index contributed by atoms with van der Waals surface area (Å²) in [5.41, 5.74) is 4.16. The number of rotatable bonds is 29. The predicted octanol–water partition coefficient (Wildman–Crippen LogP) is 7.84. The van der Waals surface area contributed by atoms with E-state index in [-0.39, 0.29) is 106 Å². The molecular formula is C70H76Cl4N12O19S6. The zero-order valence-corrected chi connectivity index (χ0v) is 66.8. The highest BCUT2D eigenvalue weighted by molar-refractivity contribution is 7.84. The summed E-state index contributed by atoms with van der Waals surface area (Å²) in [7, 11) is -10.9. The Bertz CT molecular complexity index is 5170. The van der Waals surface area contributed by atoms with Crippen LogP contribution >= 0.6 is 80.4 Å². The van der Waals surface area contributed by atoms with Crippen molar-refractivity contribution >= 4 is 146 Å². The lowest BCUT2D eigenvalue weighted by Crippen LogP contribution is -2.36. The Morgan fingerprint density at radius 2 is 0.973 bits per heavy atom. The normalized spacial score (nSPS) is 21.2. The van der Waals surface area contributed by atoms with Crippen LogP contribution in [0.2, 0.25) is 19.4 Å². The minimum atomic E-state index is -4.19. The van der Waals surface area contributed by atoms with E-state index in [2.05, 4.69) is 72.3 Å². The molecule has 3 saturated carbocycles. The van der Waals surface area contributed by atoms with Crippen LogP contribution in [0.15, 0.2) is 134 Å². The van der Waals surface area contributed by atoms with Crippen LogP contribution in [-0.2, 0) is 60.2 Å². The molecular weight excluding hydrogens is 1650 g/mol. The molecule has 9 aromatic rings. The quantitative estimate of drug-likeness (QED) is 0.0199. The number of hydrogen-bond donors (Lipinski definition) is 12. The maximum atomic E-state index is 13.6. The molecule has 3 fully saturated rings. The first-order valence-corrected chi connectivity index (χ1v) is 42.1. The van der Waals surface area contributed by atoms with Gasteiger partial charge in [-0.2, -0.15) is 25.3 Å². The number of hydrogen-bond acceptors (Lipinski definition) is 31. The monoisotopic (exact) mass is 1720 g/mol. The molecule has 15 N–H and O–H groups in total. The molecule has 594 valence electrons. The first kappa shape index (κ1) is 86.3. The molecule has 0 bridgehead atoms. The lowest BCUT2D eigenvalue weighted by Gasteiger charge is -2.24. The number of halogens is 4. The van der Waals surface area contributed by atoms with Crippen molar-refractivity contribution in [3.63, 3.8) is 0 Å². The van der Waals surface area contributed by atoms with E-state index in [1.807, 2.05) is 35.7 Å². The lowest BCUT2D eigenvalue weighted by atomic mass is 9.79. The van der Waals surface area contributed by atoms with Crippen molar-refractivity contribution in [1.29, 1.82) is 0 Å². The van der Waals surface area contributed by atoms with E-state index in [4.69, 9.17) is 66.6 Å². The summed E-state index contributed by atoms with van der Waals surface area (Å²) in [4.78, 5) is 66.7. The summed E-state index contributed by atoms with van der Waals surface area (Å²) < 4.78 is 85.9. The Balaban J connectivity index is 0.000000177. The summed E-state index contributed by atoms with van der Waals surface area (Å²) in [6.07, 6.45) is 3.24. The van der Waals surface area contributed by atoms with Crippen LogP contribution in [0.1, 0.15) is 142 Å². The number of nitrogens with one attached hydrogen (secondary N) is 3. The van der Waals surface area contributed by atoms with Crippen molar-refractivity contribution in [3.05, 3.63) is 223 Å². The van der Waals surface area contributed by atoms with Gasteiger partial charge in [0.05, 0.1) is 86.4 Å². The number of methoxy groups -OCH3 is 1. The van der Waals surface area contributed by atoms with Gasteiger partial charge in [0.25, 0.3) is 0 Å². The van der Waals surface area contributed by atoms with Gasteiger partial charge in [-0.15, -0.1) is 34.0 Å². The highest BCUT2D eigenvalue weighted by atomic mass is 35.5. The Morgan fingerprint density at radius 1 is 0.541 bits per heavy atom. The number of thiophene rings is 3. The molecule has 3 aliphatic rings. The minimum absolute atomic E-state index is 0.159. The van der Waals surface area contributed by atoms with Gasteiger partial charge in [-0.3, -0.25) is 26.9 Å². The number of anilines is 3. The summed E-state index contributed by atoms with van der Waals surface area (Å²) in [6.45, 7) is 3.42. The standard InChI is InChI=1S/C24H27ClN4O7S2.C24H27ClN4O6S2.C22H22Cl2N4O6S2/c1-35-11-21-17(22(31)13-3-2-4-15(25)5-13)8-20(37-21)23(32)18-9-27-12-28-24(18)29-16-6-14(19(30)7-16)10-36-38(26,33)34;1-24(2,14-4-3-5-16(25)7-14)15-8-19(36-11-15)21(31)17-9-27-12-28-23(17)29-18-6-13(20(30)22(18)32)10-35-37(26,33)34;23-13-3-1-2-11(4-13)19(30)15-7-18(35-21(15)24)20(31)16-8-26-10-27-22(16)28-14-5-12(17(29)6-14)9-34-36(25,32)33/h2-5,8-9,12,14,16,19,22,30-31H,6-7,10-11H2,1H3,(H2,26,33,34)(H,27,28,29);3-5,7-9,11-13,18,20,22,30,32H,6,10H2,1-2H3,(H2,26,33,34)(H,27,28,29);1-4,7-8,10,12,14,17,19,29-30H,5-6,9H2,(H2,25,32,33)(H,26,27,28)/t14-,16-,19+,22?;13-,18-,20-,22+;12-,14-,17+,19?/m111/s1. The maximum Gasteiger partial charge on any atom is 0.333 e. The fraction of sp³-hybridized carbons (Fsp3) is 0.357. The molecule has 6 heterocycles. The van der Waals surface area contributed by atoms with Crippen molar-refractivity contribution in [1.82, 2.24) is 29.9 Å². The zero-order chi connectivity index (χ0) is 80.4. The Kier molecular flexibility index (Phi) is 29.1. The number of ketones is 3. The molecule has 0 spiro atoms. The lowest BCUT2D eigenvalue weighted by molar-refractivity contribution is 0.00778. The number of aliphatic hydroxyl groups excluding tert-OH is 6. The molecule has 12 atom stereocenters. The second kappa shape index (κ2) is 37.5. The highest BCUT2D eigenvalue weighted by Crippen LogP contribution is 2.41. The van der Waals surface area contributed by atoms with Gasteiger partial charge in [-0.25, -0.2) is 45.3 Å². The summed E-state index contributed by atoms with van der Waals surface area (Å²) in [5.74, 6) is -1.97. The second-order valence-corrected chi connectivity index (χ2v) is 35.4. The molecule has 111 heavy (non-hydrogen) atoms. The van der Waals surface area contributed by atoms with Gasteiger partial charge in [-0.1, -0.05) is 96.6 Å². The predicted molar refractivity (Wildman–Crippen MR) is 417 cm³/mol. The van der Waals surface area contributed by atoms with Crippen molar-refractivity contribution in [3.8, 4) is 0 Å². The molecule has 3 aliphatic carbocycles. The Labute approximate surface area is 670 Å². The van der Waals surface area contributed by atoms with E-state index in [1.54, 1.807) is 54.6 Å². The first-order chi connectivity index (χ1) is 52.4. The molecule has 6 aromatic heterocycles. The maximum absolute atomic E-state index is 13.6. The van der Waals surface area contributed by atoms with E-state index < -0.39 is 103 Å². The van der Waals surface area contributed by atoms with Crippen LogP contribution in [0, 0.1) is 17.8 Å². The fourth-order valence-electron chi connectivity index (χ4n) is 12.8. The number of carbonyl (C=O) groups excluding carboxylic acids is 3. The summed E-state index contributed by atoms with van der Waals surface area (Å²) >= 11 is 28.2. The second-order valence-electron chi connectivity index (χ2n) is 26.7. The van der Waals surface area contributed by atoms with Gasteiger partial charge in [-0.05, 0) is 114 Å². The number of ether oxygens (including phenoxy) is 1. The van der Waals surface area contributed by atoms with E-state index in [0.717, 1.165) is 22.5 Å². The largest absolute Gasteiger partial charge is 0.393 e. The Morgan fingerprint density at radius 3 is 1.44 bits per heavy atom. The van der Waals surface area contributed by atoms with E-state index >= 15 is 0 Å². The number of nitrogens with zero attached hydrogens (tertiary/aromatic N) is 6. The van der Waals surface area contributed by atoms with Crippen LogP contribution in [-0.4, -0.2) is 173 Å². The van der Waals surface area contributed by atoms with Crippen molar-refractivity contribution < 1.29 is 87.6 Å². The SMILES string of the molecule is CC(C)(c1cccc(Cl)c1)c1csc(C(=O)c2cncnc2N[C@@H]2C[C@H](COS(N)(=O)=O)[C@@H](O)[C@H]2O)c1.COCc1sc(C(=O)c2cncnc2N[C@@H]2C[C@H](COS(N)(=O)=O)[C@@H](O)C2)cc1C(O)c1cccc(Cl)c1.NS(=O)(=O)OC[C@H]1C[C@@H](Nc2ncncc2C(=O)c2cc(C(O)c3cccc(Cl)c3)c(Cl)s2)C[C@@H]1O. The molecule has 0 amide bonds. The fourth-order valence-corrected chi connectivity index (χ4v) is 17.9. The number of aromatic nitrogens is 6. The van der Waals surface area contributed by atoms with Gasteiger partial charge in [0, 0.05) is 92.0 Å². The van der Waals surface area contributed by atoms with Crippen LogP contribution in [0.4, 0.5) is 17.5 Å². The van der Waals surface area contributed by atoms with Gasteiger partial charge in [0.2, 0.25) is 17.3 Å². The third-order valence-electron chi connectivity index (χ3n) is 18.6. The molecule has 41 heteroatoms. The number of carbonyl (C=O) groups is 3. The molecule has 3 aromatic carbocycles. The average Bonchev–Trinajstić information content (AvgIpc) is 1.66. The van der Waals surface area contributed by atoms with Crippen molar-refractivity contribution in [2.45, 2.75) is 113 Å². The molecule has 12 rings (SSSR count). The third kappa shape index (κ3) is 22.9. The molecule has 0 saturated heterocycles. The highest BCUT2D eigenvalue weighted by Gasteiger charge is 2.43. The van der Waals surface area contributed by atoms with Crippen molar-refractivity contribution in [2.75, 3.05) is 42.9 Å². The van der Waals surface area contributed by atoms with E-state index in [1.165, 1.54) is 73.4 Å². The van der Waals surface area contributed by atoms with Gasteiger partial charge in [0.15, 0.2) is 0 Å². The Hall–Kier alpha value is -7.10. The number of aliphatic hydroxyl groups is 6. The summed E-state index contributed by atoms with van der Waals surface area (Å²) in [6, 6.07) is 24.8.